The number of H-pyrrole nitrogens is 1. The monoisotopic (exact) mass is 491 g/mol. The van der Waals surface area contributed by atoms with Gasteiger partial charge in [-0.25, -0.2) is 0 Å². The van der Waals surface area contributed by atoms with Gasteiger partial charge in [-0.3, -0.25) is 14.4 Å². The van der Waals surface area contributed by atoms with Crippen LogP contribution in [0.4, 0.5) is 0 Å². The molecule has 0 aliphatic rings. The quantitative estimate of drug-likeness (QED) is 0.479. The van der Waals surface area contributed by atoms with E-state index in [-0.39, 0.29) is 30.9 Å². The van der Waals surface area contributed by atoms with Crippen molar-refractivity contribution >= 4 is 35.1 Å². The first-order valence-electron chi connectivity index (χ1n) is 10.7. The molecule has 2 rings (SSSR count). The van der Waals surface area contributed by atoms with E-state index in [1.54, 1.807) is 26.0 Å². The molecule has 0 saturated carbocycles. The second-order valence-corrected chi connectivity index (χ2v) is 8.63. The summed E-state index contributed by atoms with van der Waals surface area (Å²) in [5.41, 5.74) is 2.36. The summed E-state index contributed by atoms with van der Waals surface area (Å²) < 4.78 is 5.09. The highest BCUT2D eigenvalue weighted by Crippen LogP contribution is 2.30. The van der Waals surface area contributed by atoms with E-state index in [9.17, 15) is 14.4 Å². The summed E-state index contributed by atoms with van der Waals surface area (Å²) in [6.45, 7) is 5.40. The van der Waals surface area contributed by atoms with E-state index in [1.165, 1.54) is 0 Å². The van der Waals surface area contributed by atoms with Gasteiger partial charge in [-0.05, 0) is 55.5 Å². The van der Waals surface area contributed by atoms with Crippen LogP contribution in [0.3, 0.4) is 0 Å². The van der Waals surface area contributed by atoms with Crippen molar-refractivity contribution < 1.29 is 14.3 Å². The summed E-state index contributed by atoms with van der Waals surface area (Å²) in [6, 6.07) is 7.18. The minimum Gasteiger partial charge on any atom is -0.456 e. The fraction of sp³-hybridized carbons (Fsp3) is 0.417. The molecule has 0 aliphatic carbocycles. The molecule has 0 unspecified atom stereocenters. The molecule has 0 bridgehead atoms. The first-order chi connectivity index (χ1) is 15.7. The average molecular weight is 492 g/mol. The summed E-state index contributed by atoms with van der Waals surface area (Å²) in [5, 5.41) is 13.0. The number of benzene rings is 1. The normalized spacial score (nSPS) is 11.5. The Morgan fingerprint density at radius 1 is 1.27 bits per heavy atom. The van der Waals surface area contributed by atoms with E-state index in [2.05, 4.69) is 10.3 Å². The number of carbonyl (C=O) groups excluding carboxylic acids is 2. The van der Waals surface area contributed by atoms with E-state index >= 15 is 0 Å². The largest absolute Gasteiger partial charge is 0.456 e. The van der Waals surface area contributed by atoms with Crippen LogP contribution in [-0.2, 0) is 20.7 Å². The van der Waals surface area contributed by atoms with Gasteiger partial charge in [0.15, 0.2) is 6.61 Å². The number of esters is 1. The summed E-state index contributed by atoms with van der Waals surface area (Å²) in [6.07, 6.45) is 2.04. The molecule has 1 heterocycles. The smallest absolute Gasteiger partial charge is 0.306 e. The summed E-state index contributed by atoms with van der Waals surface area (Å²) >= 11 is 12.3. The van der Waals surface area contributed by atoms with Crippen molar-refractivity contribution in [2.45, 2.75) is 52.4 Å². The second-order valence-electron chi connectivity index (χ2n) is 7.79. The Labute approximate surface area is 203 Å². The molecule has 176 valence electrons. The van der Waals surface area contributed by atoms with Gasteiger partial charge in [0.2, 0.25) is 0 Å². The third kappa shape index (κ3) is 7.34. The molecule has 33 heavy (non-hydrogen) atoms. The number of ether oxygens (including phenoxy) is 1. The Hall–Kier alpha value is -2.82. The van der Waals surface area contributed by atoms with Crippen molar-refractivity contribution in [2.24, 2.45) is 0 Å². The zero-order chi connectivity index (χ0) is 24.5. The van der Waals surface area contributed by atoms with Crippen molar-refractivity contribution in [3.8, 4) is 6.07 Å². The number of pyridine rings is 1. The van der Waals surface area contributed by atoms with E-state index in [0.717, 1.165) is 24.0 Å². The Kier molecular flexibility index (Phi) is 9.95. The number of halogens is 2. The van der Waals surface area contributed by atoms with Crippen molar-refractivity contribution in [1.82, 2.24) is 10.3 Å². The Morgan fingerprint density at radius 3 is 2.64 bits per heavy atom. The van der Waals surface area contributed by atoms with Crippen molar-refractivity contribution in [3.63, 3.8) is 0 Å². The van der Waals surface area contributed by atoms with Crippen molar-refractivity contribution in [3.05, 3.63) is 66.5 Å². The van der Waals surface area contributed by atoms with Crippen LogP contribution in [0, 0.1) is 25.2 Å². The Balaban J connectivity index is 1.87. The van der Waals surface area contributed by atoms with Gasteiger partial charge in [0.1, 0.15) is 11.6 Å². The standard InChI is InChI=1S/C24H27Cl2N3O4/c1-4-5-16(19-7-6-17(25)10-21(19)26)12-28-22(30)13-33-23(31)9-8-18-14(2)20(11-27)24(32)29-15(18)3/h6-7,10,16H,4-5,8-9,12-13H2,1-3H3,(H,28,30)(H,29,32)/t16-/m1/s1. The summed E-state index contributed by atoms with van der Waals surface area (Å²) in [4.78, 5) is 38.8. The third-order valence-electron chi connectivity index (χ3n) is 5.45. The molecule has 1 atom stereocenters. The first kappa shape index (κ1) is 26.4. The lowest BCUT2D eigenvalue weighted by atomic mass is 9.94. The van der Waals surface area contributed by atoms with Gasteiger partial charge >= 0.3 is 5.97 Å². The van der Waals surface area contributed by atoms with E-state index in [4.69, 9.17) is 33.2 Å². The molecule has 0 fully saturated rings. The van der Waals surface area contributed by atoms with Crippen LogP contribution < -0.4 is 10.9 Å². The number of rotatable bonds is 10. The van der Waals surface area contributed by atoms with Gasteiger partial charge in [0.25, 0.3) is 11.5 Å². The lowest BCUT2D eigenvalue weighted by molar-refractivity contribution is -0.148. The van der Waals surface area contributed by atoms with Crippen LogP contribution in [0.5, 0.6) is 0 Å². The number of aromatic nitrogens is 1. The van der Waals surface area contributed by atoms with Gasteiger partial charge in [-0.1, -0.05) is 42.6 Å². The number of nitrogens with zero attached hydrogens (tertiary/aromatic N) is 1. The molecule has 1 aromatic carbocycles. The lowest BCUT2D eigenvalue weighted by Crippen LogP contribution is -2.32. The fourth-order valence-electron chi connectivity index (χ4n) is 3.70. The van der Waals surface area contributed by atoms with Gasteiger partial charge in [-0.2, -0.15) is 5.26 Å². The van der Waals surface area contributed by atoms with Crippen LogP contribution in [-0.4, -0.2) is 30.0 Å². The van der Waals surface area contributed by atoms with Crippen LogP contribution in [0.1, 0.15) is 60.1 Å². The zero-order valence-corrected chi connectivity index (χ0v) is 20.4. The van der Waals surface area contributed by atoms with Crippen LogP contribution in [0.15, 0.2) is 23.0 Å². The minimum absolute atomic E-state index is 0.0138. The molecule has 2 N–H and O–H groups in total. The lowest BCUT2D eigenvalue weighted by Gasteiger charge is -2.19. The number of hydrogen-bond donors (Lipinski definition) is 2. The predicted octanol–water partition coefficient (Wildman–Crippen LogP) is 4.35. The number of hydrogen-bond acceptors (Lipinski definition) is 5. The fourth-order valence-corrected chi connectivity index (χ4v) is 4.27. The number of carbonyl (C=O) groups is 2. The van der Waals surface area contributed by atoms with Crippen molar-refractivity contribution in [2.75, 3.05) is 13.2 Å². The number of amides is 1. The van der Waals surface area contributed by atoms with E-state index in [1.807, 2.05) is 19.1 Å². The van der Waals surface area contributed by atoms with Gasteiger partial charge in [-0.15, -0.1) is 0 Å². The van der Waals surface area contributed by atoms with Gasteiger partial charge in [0.05, 0.1) is 0 Å². The predicted molar refractivity (Wildman–Crippen MR) is 128 cm³/mol. The van der Waals surface area contributed by atoms with Crippen LogP contribution >= 0.6 is 23.2 Å². The molecular formula is C24H27Cl2N3O4. The topological polar surface area (TPSA) is 112 Å². The highest BCUT2D eigenvalue weighted by atomic mass is 35.5. The van der Waals surface area contributed by atoms with Crippen molar-refractivity contribution in [1.29, 1.82) is 5.26 Å². The number of nitrogens with one attached hydrogen (secondary N) is 2. The van der Waals surface area contributed by atoms with Gasteiger partial charge < -0.3 is 15.0 Å². The molecular weight excluding hydrogens is 465 g/mol. The molecule has 2 aromatic rings. The molecule has 1 amide bonds. The maximum Gasteiger partial charge on any atom is 0.306 e. The second kappa shape index (κ2) is 12.4. The number of aromatic amines is 1. The van der Waals surface area contributed by atoms with Crippen LogP contribution in [0.25, 0.3) is 0 Å². The maximum absolute atomic E-state index is 12.2. The molecule has 0 spiro atoms. The molecule has 7 nitrogen and oxygen atoms in total. The average Bonchev–Trinajstić information content (AvgIpc) is 2.75. The number of aryl methyl sites for hydroxylation is 1. The van der Waals surface area contributed by atoms with E-state index in [0.29, 0.717) is 27.8 Å². The molecule has 1 aromatic heterocycles. The first-order valence-corrected chi connectivity index (χ1v) is 11.4. The SMILES string of the molecule is CCC[C@H](CNC(=O)COC(=O)CCc1c(C)[nH]c(=O)c(C#N)c1C)c1ccc(Cl)cc1Cl. The highest BCUT2D eigenvalue weighted by Gasteiger charge is 2.17. The molecule has 0 aliphatic heterocycles. The van der Waals surface area contributed by atoms with Crippen LogP contribution in [0.2, 0.25) is 10.0 Å². The Bertz CT molecular complexity index is 1120. The van der Waals surface area contributed by atoms with Gasteiger partial charge in [0, 0.05) is 34.6 Å². The zero-order valence-electron chi connectivity index (χ0n) is 18.9. The molecule has 0 radical (unpaired) electrons. The molecule has 0 saturated heterocycles. The maximum atomic E-state index is 12.2. The number of nitriles is 1. The molecule has 9 heteroatoms. The highest BCUT2D eigenvalue weighted by molar-refractivity contribution is 6.35. The Morgan fingerprint density at radius 2 is 2.00 bits per heavy atom. The summed E-state index contributed by atoms with van der Waals surface area (Å²) in [5.74, 6) is -0.933. The summed E-state index contributed by atoms with van der Waals surface area (Å²) in [7, 11) is 0. The minimum atomic E-state index is -0.542. The van der Waals surface area contributed by atoms with E-state index < -0.39 is 17.4 Å². The third-order valence-corrected chi connectivity index (χ3v) is 6.01.